The van der Waals surface area contributed by atoms with Crippen LogP contribution in [0.1, 0.15) is 41.4 Å². The van der Waals surface area contributed by atoms with E-state index >= 15 is 0 Å². The smallest absolute Gasteiger partial charge is 0.407 e. The first kappa shape index (κ1) is 26.7. The zero-order valence-corrected chi connectivity index (χ0v) is 21.4. The quantitative estimate of drug-likeness (QED) is 0.375. The number of pyridine rings is 1. The van der Waals surface area contributed by atoms with Crippen LogP contribution in [0.3, 0.4) is 0 Å². The maximum absolute atomic E-state index is 13.5. The highest BCUT2D eigenvalue weighted by Crippen LogP contribution is 2.34. The second-order valence-corrected chi connectivity index (χ2v) is 9.94. The number of piperidine rings is 1. The minimum Gasteiger partial charge on any atom is -0.465 e. The third-order valence-corrected chi connectivity index (χ3v) is 7.41. The summed E-state index contributed by atoms with van der Waals surface area (Å²) in [6.07, 6.45) is 0.801. The molecule has 3 N–H and O–H groups in total. The Morgan fingerprint density at radius 2 is 1.95 bits per heavy atom. The topological polar surface area (TPSA) is 136 Å². The van der Waals surface area contributed by atoms with Gasteiger partial charge in [0, 0.05) is 32.2 Å². The van der Waals surface area contributed by atoms with E-state index in [9.17, 15) is 22.7 Å². The van der Waals surface area contributed by atoms with Crippen LogP contribution in [0.4, 0.5) is 9.18 Å². The van der Waals surface area contributed by atoms with Gasteiger partial charge in [-0.2, -0.15) is 4.31 Å². The number of fused-ring (bicyclic) bond motifs is 1. The van der Waals surface area contributed by atoms with E-state index in [4.69, 9.17) is 9.52 Å². The Balaban J connectivity index is 1.67. The van der Waals surface area contributed by atoms with Gasteiger partial charge in [-0.05, 0) is 61.1 Å². The molecule has 198 valence electrons. The molecule has 1 aliphatic heterocycles. The molecule has 4 rings (SSSR count). The van der Waals surface area contributed by atoms with Crippen LogP contribution >= 0.6 is 0 Å². The first-order chi connectivity index (χ1) is 17.7. The van der Waals surface area contributed by atoms with Crippen molar-refractivity contribution in [3.8, 4) is 11.3 Å². The van der Waals surface area contributed by atoms with E-state index in [1.165, 1.54) is 40.5 Å². The SMILES string of the molecule is CCc1cc2c(C(=O)NC)c(-c3ccc(F)cc3)oc2nc1CN(CC1CCN(C(=O)O)CC1)S(=O)O. The second kappa shape index (κ2) is 11.4. The Labute approximate surface area is 215 Å². The maximum Gasteiger partial charge on any atom is 0.407 e. The van der Waals surface area contributed by atoms with Crippen molar-refractivity contribution in [2.75, 3.05) is 26.7 Å². The molecule has 0 radical (unpaired) electrons. The van der Waals surface area contributed by atoms with Crippen molar-refractivity contribution >= 4 is 34.4 Å². The van der Waals surface area contributed by atoms with Crippen molar-refractivity contribution in [2.45, 2.75) is 32.7 Å². The molecule has 1 fully saturated rings. The average Bonchev–Trinajstić information content (AvgIpc) is 3.26. The minimum atomic E-state index is -2.27. The van der Waals surface area contributed by atoms with Gasteiger partial charge in [0.2, 0.25) is 17.0 Å². The first-order valence-corrected chi connectivity index (χ1v) is 13.0. The van der Waals surface area contributed by atoms with Crippen molar-refractivity contribution in [3.05, 3.63) is 53.0 Å². The zero-order valence-electron chi connectivity index (χ0n) is 20.6. The number of carbonyl (C=O) groups is 2. The number of likely N-dealkylation sites (tertiary alicyclic amines) is 1. The van der Waals surface area contributed by atoms with Gasteiger partial charge in [-0.3, -0.25) is 9.35 Å². The van der Waals surface area contributed by atoms with E-state index < -0.39 is 23.2 Å². The van der Waals surface area contributed by atoms with Crippen molar-refractivity contribution in [1.82, 2.24) is 19.5 Å². The molecule has 0 spiro atoms. The molecule has 10 nitrogen and oxygen atoms in total. The van der Waals surface area contributed by atoms with Crippen LogP contribution < -0.4 is 5.32 Å². The van der Waals surface area contributed by atoms with Crippen LogP contribution in [0.15, 0.2) is 34.7 Å². The molecule has 1 aliphatic rings. The molecule has 3 heterocycles. The first-order valence-electron chi connectivity index (χ1n) is 12.0. The lowest BCUT2D eigenvalue weighted by Gasteiger charge is -2.32. The van der Waals surface area contributed by atoms with Gasteiger partial charge in [-0.1, -0.05) is 6.92 Å². The Morgan fingerprint density at radius 3 is 2.51 bits per heavy atom. The zero-order chi connectivity index (χ0) is 26.7. The molecular formula is C25H29FN4O6S. The van der Waals surface area contributed by atoms with E-state index in [1.54, 1.807) is 0 Å². The fourth-order valence-corrected chi connectivity index (χ4v) is 5.22. The lowest BCUT2D eigenvalue weighted by Crippen LogP contribution is -2.41. The van der Waals surface area contributed by atoms with Crippen LogP contribution in [-0.2, 0) is 24.2 Å². The number of amides is 2. The molecule has 2 aromatic heterocycles. The number of nitrogens with zero attached hydrogens (tertiary/aromatic N) is 3. The van der Waals surface area contributed by atoms with Gasteiger partial charge in [0.15, 0.2) is 0 Å². The van der Waals surface area contributed by atoms with Crippen molar-refractivity contribution in [2.24, 2.45) is 5.92 Å². The number of halogens is 1. The molecule has 1 atom stereocenters. The summed E-state index contributed by atoms with van der Waals surface area (Å²) in [4.78, 5) is 30.0. The van der Waals surface area contributed by atoms with Crippen LogP contribution in [0, 0.1) is 11.7 Å². The van der Waals surface area contributed by atoms with E-state index in [-0.39, 0.29) is 35.4 Å². The van der Waals surface area contributed by atoms with Gasteiger partial charge in [-0.15, -0.1) is 0 Å². The molecule has 12 heteroatoms. The number of aromatic nitrogens is 1. The fraction of sp³-hybridized carbons (Fsp3) is 0.400. The number of furan rings is 1. The Kier molecular flexibility index (Phi) is 8.20. The van der Waals surface area contributed by atoms with E-state index in [2.05, 4.69) is 10.3 Å². The van der Waals surface area contributed by atoms with Crippen LogP contribution in [0.5, 0.6) is 0 Å². The molecule has 0 aliphatic carbocycles. The Bertz CT molecular complexity index is 1320. The summed E-state index contributed by atoms with van der Waals surface area (Å²) in [6, 6.07) is 7.41. The van der Waals surface area contributed by atoms with Crippen LogP contribution in [0.2, 0.25) is 0 Å². The fourth-order valence-electron chi connectivity index (χ4n) is 4.64. The molecular weight excluding hydrogens is 503 g/mol. The maximum atomic E-state index is 13.5. The number of aryl methyl sites for hydroxylation is 1. The van der Waals surface area contributed by atoms with Crippen molar-refractivity contribution < 1.29 is 32.3 Å². The highest BCUT2D eigenvalue weighted by atomic mass is 32.2. The number of carbonyl (C=O) groups excluding carboxylic acids is 1. The Hall–Kier alpha value is -3.35. The number of carboxylic acid groups (broad SMARTS) is 1. The third-order valence-electron chi connectivity index (χ3n) is 6.69. The van der Waals surface area contributed by atoms with Gasteiger partial charge in [-0.25, -0.2) is 18.4 Å². The minimum absolute atomic E-state index is 0.0639. The second-order valence-electron chi connectivity index (χ2n) is 8.96. The number of benzene rings is 1. The summed E-state index contributed by atoms with van der Waals surface area (Å²) in [5.74, 6) is -0.468. The van der Waals surface area contributed by atoms with Crippen molar-refractivity contribution in [3.63, 3.8) is 0 Å². The molecule has 3 aromatic rings. The monoisotopic (exact) mass is 532 g/mol. The standard InChI is InChI=1S/C25H29FN4O6S/c1-3-16-12-19-21(23(31)27-2)22(17-4-6-18(26)7-5-17)36-24(19)28-20(16)14-30(37(34)35)13-15-8-10-29(11-9-15)25(32)33/h4-7,12,15H,3,8-11,13-14H2,1-2H3,(H,27,31)(H,32,33)(H,34,35). The summed E-state index contributed by atoms with van der Waals surface area (Å²) in [5, 5.41) is 12.3. The highest BCUT2D eigenvalue weighted by molar-refractivity contribution is 7.76. The molecule has 1 saturated heterocycles. The summed E-state index contributed by atoms with van der Waals surface area (Å²) in [5.41, 5.74) is 2.33. The largest absolute Gasteiger partial charge is 0.465 e. The molecule has 37 heavy (non-hydrogen) atoms. The lowest BCUT2D eigenvalue weighted by molar-refractivity contribution is 0.0964. The van der Waals surface area contributed by atoms with Gasteiger partial charge in [0.25, 0.3) is 5.91 Å². The number of hydrogen-bond acceptors (Lipinski definition) is 5. The van der Waals surface area contributed by atoms with Gasteiger partial charge in [0.1, 0.15) is 11.6 Å². The lowest BCUT2D eigenvalue weighted by atomic mass is 9.97. The number of hydrogen-bond donors (Lipinski definition) is 3. The molecule has 0 saturated carbocycles. The number of nitrogens with one attached hydrogen (secondary N) is 1. The molecule has 0 bridgehead atoms. The normalized spacial score (nSPS) is 15.3. The van der Waals surface area contributed by atoms with Gasteiger partial charge < -0.3 is 19.7 Å². The highest BCUT2D eigenvalue weighted by Gasteiger charge is 2.28. The summed E-state index contributed by atoms with van der Waals surface area (Å²) in [7, 11) is 1.51. The molecule has 2 amide bonds. The average molecular weight is 533 g/mol. The number of rotatable bonds is 8. The van der Waals surface area contributed by atoms with Gasteiger partial charge in [0.05, 0.1) is 23.2 Å². The Morgan fingerprint density at radius 1 is 1.27 bits per heavy atom. The van der Waals surface area contributed by atoms with E-state index in [0.717, 1.165) is 5.56 Å². The van der Waals surface area contributed by atoms with E-state index in [0.29, 0.717) is 55.5 Å². The van der Waals surface area contributed by atoms with Crippen LogP contribution in [0.25, 0.3) is 22.4 Å². The summed E-state index contributed by atoms with van der Waals surface area (Å²) >= 11 is -2.27. The van der Waals surface area contributed by atoms with Crippen LogP contribution in [-0.4, -0.2) is 66.7 Å². The molecule has 1 aromatic carbocycles. The summed E-state index contributed by atoms with van der Waals surface area (Å²) in [6.45, 7) is 3.08. The molecule has 1 unspecified atom stereocenters. The third kappa shape index (κ3) is 5.81. The predicted molar refractivity (Wildman–Crippen MR) is 136 cm³/mol. The van der Waals surface area contributed by atoms with Crippen molar-refractivity contribution in [1.29, 1.82) is 0 Å². The summed E-state index contributed by atoms with van der Waals surface area (Å²) < 4.78 is 43.1. The predicted octanol–water partition coefficient (Wildman–Crippen LogP) is 3.88. The van der Waals surface area contributed by atoms with E-state index in [1.807, 2.05) is 13.0 Å². The van der Waals surface area contributed by atoms with Gasteiger partial charge >= 0.3 is 6.09 Å².